The van der Waals surface area contributed by atoms with Gasteiger partial charge in [-0.1, -0.05) is 54.4 Å². The van der Waals surface area contributed by atoms with Gasteiger partial charge >= 0.3 is 0 Å². The second-order valence-electron chi connectivity index (χ2n) is 4.90. The molecule has 1 rings (SSSR count). The average Bonchev–Trinajstić information content (AvgIpc) is 2.07. The summed E-state index contributed by atoms with van der Waals surface area (Å²) in [4.78, 5) is 0. The van der Waals surface area contributed by atoms with Gasteiger partial charge in [-0.3, -0.25) is 0 Å². The maximum absolute atomic E-state index is 5.87. The van der Waals surface area contributed by atoms with E-state index in [1.165, 1.54) is 5.56 Å². The summed E-state index contributed by atoms with van der Waals surface area (Å²) in [6.45, 7) is 8.53. The van der Waals surface area contributed by atoms with Gasteiger partial charge in [0.2, 0.25) is 0 Å². The molecule has 0 aliphatic rings. The van der Waals surface area contributed by atoms with Crippen LogP contribution in [0.4, 0.5) is 0 Å². The quantitative estimate of drug-likeness (QED) is 0.878. The number of hydrogen-bond acceptors (Lipinski definition) is 1. The fourth-order valence-corrected chi connectivity index (χ4v) is 2.06. The standard InChI is InChI=1S/C12H17BrClN/c1-12(2,3)8-15-7-9-4-5-10(14)6-11(9)13/h4-6,15H,7-8H2,1-3H3. The van der Waals surface area contributed by atoms with Gasteiger partial charge in [0, 0.05) is 22.6 Å². The van der Waals surface area contributed by atoms with Crippen LogP contribution in [0.5, 0.6) is 0 Å². The topological polar surface area (TPSA) is 12.0 Å². The molecule has 84 valence electrons. The van der Waals surface area contributed by atoms with Crippen LogP contribution in [0.2, 0.25) is 5.02 Å². The van der Waals surface area contributed by atoms with Crippen LogP contribution >= 0.6 is 27.5 Å². The van der Waals surface area contributed by atoms with Crippen LogP contribution in [0.3, 0.4) is 0 Å². The molecule has 1 N–H and O–H groups in total. The third-order valence-electron chi connectivity index (χ3n) is 1.99. The number of benzene rings is 1. The van der Waals surface area contributed by atoms with E-state index in [0.717, 1.165) is 22.6 Å². The highest BCUT2D eigenvalue weighted by molar-refractivity contribution is 9.10. The molecule has 0 fully saturated rings. The zero-order chi connectivity index (χ0) is 11.5. The molecule has 3 heteroatoms. The van der Waals surface area contributed by atoms with Crippen molar-refractivity contribution < 1.29 is 0 Å². The van der Waals surface area contributed by atoms with Gasteiger partial charge in [-0.2, -0.15) is 0 Å². The molecule has 0 atom stereocenters. The molecule has 1 aromatic rings. The van der Waals surface area contributed by atoms with E-state index >= 15 is 0 Å². The molecule has 0 amide bonds. The number of hydrogen-bond donors (Lipinski definition) is 1. The smallest absolute Gasteiger partial charge is 0.0417 e. The van der Waals surface area contributed by atoms with E-state index in [2.05, 4.69) is 42.0 Å². The third-order valence-corrected chi connectivity index (χ3v) is 2.96. The maximum atomic E-state index is 5.87. The Hall–Kier alpha value is -0.0500. The summed E-state index contributed by atoms with van der Waals surface area (Å²) in [6, 6.07) is 5.89. The number of nitrogens with one attached hydrogen (secondary N) is 1. The summed E-state index contributed by atoms with van der Waals surface area (Å²) >= 11 is 9.38. The first-order valence-corrected chi connectivity index (χ1v) is 6.20. The Morgan fingerprint density at radius 2 is 2.00 bits per heavy atom. The molecule has 0 radical (unpaired) electrons. The van der Waals surface area contributed by atoms with Crippen molar-refractivity contribution in [2.45, 2.75) is 27.3 Å². The van der Waals surface area contributed by atoms with Crippen LogP contribution in [0.1, 0.15) is 26.3 Å². The van der Waals surface area contributed by atoms with Gasteiger partial charge in [-0.15, -0.1) is 0 Å². The zero-order valence-electron chi connectivity index (χ0n) is 9.40. The second-order valence-corrected chi connectivity index (χ2v) is 6.19. The highest BCUT2D eigenvalue weighted by atomic mass is 79.9. The van der Waals surface area contributed by atoms with Crippen LogP contribution < -0.4 is 5.32 Å². The SMILES string of the molecule is CC(C)(C)CNCc1ccc(Cl)cc1Br. The lowest BCUT2D eigenvalue weighted by atomic mass is 9.97. The molecular formula is C12H17BrClN. The number of halogens is 2. The van der Waals surface area contributed by atoms with E-state index in [-0.39, 0.29) is 0 Å². The highest BCUT2D eigenvalue weighted by Crippen LogP contribution is 2.21. The highest BCUT2D eigenvalue weighted by Gasteiger charge is 2.09. The van der Waals surface area contributed by atoms with E-state index in [0.29, 0.717) is 5.41 Å². The Kier molecular flexibility index (Phi) is 4.63. The van der Waals surface area contributed by atoms with E-state index in [1.54, 1.807) is 0 Å². The van der Waals surface area contributed by atoms with Crippen molar-refractivity contribution in [1.29, 1.82) is 0 Å². The van der Waals surface area contributed by atoms with Crippen LogP contribution in [-0.2, 0) is 6.54 Å². The van der Waals surface area contributed by atoms with Crippen molar-refractivity contribution >= 4 is 27.5 Å². The van der Waals surface area contributed by atoms with Crippen molar-refractivity contribution in [2.24, 2.45) is 5.41 Å². The molecule has 0 saturated heterocycles. The largest absolute Gasteiger partial charge is 0.312 e. The van der Waals surface area contributed by atoms with Crippen LogP contribution in [-0.4, -0.2) is 6.54 Å². The van der Waals surface area contributed by atoms with Crippen molar-refractivity contribution in [2.75, 3.05) is 6.54 Å². The Morgan fingerprint density at radius 3 is 2.53 bits per heavy atom. The zero-order valence-corrected chi connectivity index (χ0v) is 11.7. The van der Waals surface area contributed by atoms with Gasteiger partial charge in [0.25, 0.3) is 0 Å². The predicted molar refractivity (Wildman–Crippen MR) is 70.3 cm³/mol. The molecule has 0 aromatic heterocycles. The van der Waals surface area contributed by atoms with E-state index in [9.17, 15) is 0 Å². The minimum Gasteiger partial charge on any atom is -0.312 e. The minimum absolute atomic E-state index is 0.318. The fraction of sp³-hybridized carbons (Fsp3) is 0.500. The summed E-state index contributed by atoms with van der Waals surface area (Å²) in [6.07, 6.45) is 0. The van der Waals surface area contributed by atoms with Crippen molar-refractivity contribution in [1.82, 2.24) is 5.32 Å². The van der Waals surface area contributed by atoms with Gasteiger partial charge in [-0.05, 0) is 23.1 Å². The lowest BCUT2D eigenvalue weighted by Crippen LogP contribution is -2.26. The first kappa shape index (κ1) is 13.0. The van der Waals surface area contributed by atoms with Gasteiger partial charge < -0.3 is 5.32 Å². The molecule has 0 unspecified atom stereocenters. The first-order chi connectivity index (χ1) is 6.88. The molecule has 0 saturated carbocycles. The molecule has 0 spiro atoms. The summed E-state index contributed by atoms with van der Waals surface area (Å²) in [5, 5.41) is 4.19. The molecule has 1 nitrogen and oxygen atoms in total. The minimum atomic E-state index is 0.318. The Balaban J connectivity index is 2.51. The molecule has 15 heavy (non-hydrogen) atoms. The van der Waals surface area contributed by atoms with Crippen LogP contribution in [0, 0.1) is 5.41 Å². The Labute approximate surface area is 105 Å². The van der Waals surface area contributed by atoms with Crippen molar-refractivity contribution in [3.8, 4) is 0 Å². The van der Waals surface area contributed by atoms with E-state index < -0.39 is 0 Å². The van der Waals surface area contributed by atoms with Crippen LogP contribution in [0.25, 0.3) is 0 Å². The normalized spacial score (nSPS) is 11.8. The fourth-order valence-electron chi connectivity index (χ4n) is 1.24. The van der Waals surface area contributed by atoms with Gasteiger partial charge in [0.15, 0.2) is 0 Å². The lowest BCUT2D eigenvalue weighted by molar-refractivity contribution is 0.379. The van der Waals surface area contributed by atoms with E-state index in [1.807, 2.05) is 18.2 Å². The van der Waals surface area contributed by atoms with Crippen molar-refractivity contribution in [3.05, 3.63) is 33.3 Å². The van der Waals surface area contributed by atoms with Crippen LogP contribution in [0.15, 0.2) is 22.7 Å². The summed E-state index contributed by atoms with van der Waals surface area (Å²) in [5.74, 6) is 0. The summed E-state index contributed by atoms with van der Waals surface area (Å²) in [5.41, 5.74) is 1.56. The molecule has 0 heterocycles. The summed E-state index contributed by atoms with van der Waals surface area (Å²) < 4.78 is 1.07. The molecule has 0 aliphatic carbocycles. The predicted octanol–water partition coefficient (Wildman–Crippen LogP) is 4.24. The molecule has 0 bridgehead atoms. The van der Waals surface area contributed by atoms with Crippen molar-refractivity contribution in [3.63, 3.8) is 0 Å². The lowest BCUT2D eigenvalue weighted by Gasteiger charge is -2.19. The average molecular weight is 291 g/mol. The monoisotopic (exact) mass is 289 g/mol. The third kappa shape index (κ3) is 5.01. The Bertz CT molecular complexity index is 331. The maximum Gasteiger partial charge on any atom is 0.0417 e. The van der Waals surface area contributed by atoms with Gasteiger partial charge in [0.1, 0.15) is 0 Å². The molecule has 1 aromatic carbocycles. The molecule has 0 aliphatic heterocycles. The first-order valence-electron chi connectivity index (χ1n) is 5.03. The Morgan fingerprint density at radius 1 is 1.33 bits per heavy atom. The number of rotatable bonds is 3. The van der Waals surface area contributed by atoms with E-state index in [4.69, 9.17) is 11.6 Å². The molecular weight excluding hydrogens is 273 g/mol. The van der Waals surface area contributed by atoms with Gasteiger partial charge in [-0.25, -0.2) is 0 Å². The second kappa shape index (κ2) is 5.33. The van der Waals surface area contributed by atoms with Gasteiger partial charge in [0.05, 0.1) is 0 Å². The summed E-state index contributed by atoms with van der Waals surface area (Å²) in [7, 11) is 0.